The zero-order valence-electron chi connectivity index (χ0n) is 7.18. The second kappa shape index (κ2) is 3.47. The van der Waals surface area contributed by atoms with E-state index in [2.05, 4.69) is 9.98 Å². The van der Waals surface area contributed by atoms with E-state index >= 15 is 0 Å². The number of carbonyl (C=O) groups is 1. The van der Waals surface area contributed by atoms with Crippen LogP contribution in [0.4, 0.5) is 0 Å². The molecule has 1 aliphatic heterocycles. The highest BCUT2D eigenvalue weighted by Gasteiger charge is 2.17. The molecule has 0 aliphatic carbocycles. The number of nitrogens with zero attached hydrogens (tertiary/aromatic N) is 2. The fraction of sp³-hybridized carbons (Fsp3) is 0.300. The van der Waals surface area contributed by atoms with Crippen LogP contribution in [0.2, 0.25) is 0 Å². The Labute approximate surface area is 76.5 Å². The van der Waals surface area contributed by atoms with Crippen LogP contribution in [0, 0.1) is 0 Å². The number of hydrogen-bond acceptors (Lipinski definition) is 3. The van der Waals surface area contributed by atoms with Gasteiger partial charge in [0.2, 0.25) is 0 Å². The molecule has 1 aromatic rings. The largest absolute Gasteiger partial charge is 0.293 e. The molecule has 1 aliphatic rings. The molecule has 0 radical (unpaired) electrons. The molecule has 0 saturated carbocycles. The molecular weight excluding hydrogens is 164 g/mol. The summed E-state index contributed by atoms with van der Waals surface area (Å²) in [5.74, 6) is 0.339. The fourth-order valence-corrected chi connectivity index (χ4v) is 1.48. The zero-order chi connectivity index (χ0) is 9.10. The van der Waals surface area contributed by atoms with Crippen molar-refractivity contribution in [2.45, 2.75) is 12.3 Å². The molecule has 1 unspecified atom stereocenters. The van der Waals surface area contributed by atoms with Crippen LogP contribution in [-0.2, 0) is 4.79 Å². The van der Waals surface area contributed by atoms with Gasteiger partial charge in [0.05, 0.1) is 6.21 Å². The van der Waals surface area contributed by atoms with E-state index in [0.717, 1.165) is 5.56 Å². The van der Waals surface area contributed by atoms with Gasteiger partial charge in [-0.15, -0.1) is 0 Å². The van der Waals surface area contributed by atoms with Gasteiger partial charge in [-0.1, -0.05) is 6.07 Å². The molecule has 0 spiro atoms. The van der Waals surface area contributed by atoms with E-state index in [1.54, 1.807) is 12.4 Å². The van der Waals surface area contributed by atoms with E-state index < -0.39 is 0 Å². The van der Waals surface area contributed by atoms with Gasteiger partial charge in [0.1, 0.15) is 0 Å². The Kier molecular flexibility index (Phi) is 2.17. The monoisotopic (exact) mass is 174 g/mol. The Morgan fingerprint density at radius 1 is 1.46 bits per heavy atom. The molecule has 13 heavy (non-hydrogen) atoms. The number of aliphatic imine (C=N–C) groups is 1. The van der Waals surface area contributed by atoms with Crippen molar-refractivity contribution in [3.05, 3.63) is 30.1 Å². The van der Waals surface area contributed by atoms with Crippen molar-refractivity contribution >= 4 is 12.0 Å². The van der Waals surface area contributed by atoms with Crippen LogP contribution in [0.25, 0.3) is 0 Å². The first kappa shape index (κ1) is 8.10. The number of rotatable bonds is 1. The van der Waals surface area contributed by atoms with E-state index in [0.29, 0.717) is 13.0 Å². The highest BCUT2D eigenvalue weighted by Crippen LogP contribution is 2.21. The second-order valence-corrected chi connectivity index (χ2v) is 3.15. The van der Waals surface area contributed by atoms with Crippen LogP contribution >= 0.6 is 0 Å². The lowest BCUT2D eigenvalue weighted by Gasteiger charge is -2.15. The maximum absolute atomic E-state index is 11.1. The standard InChI is InChI=1S/C10H10N2O/c13-10-4-9(6-12-7-10)8-2-1-3-11-5-8/h1-3,5,7,9H,4,6H2. The van der Waals surface area contributed by atoms with E-state index in [-0.39, 0.29) is 11.7 Å². The van der Waals surface area contributed by atoms with Crippen molar-refractivity contribution in [1.82, 2.24) is 4.98 Å². The van der Waals surface area contributed by atoms with E-state index in [4.69, 9.17) is 0 Å². The summed E-state index contributed by atoms with van der Waals surface area (Å²) in [5.41, 5.74) is 1.10. The minimum atomic E-state index is 0.111. The average molecular weight is 174 g/mol. The van der Waals surface area contributed by atoms with Crippen LogP contribution in [0.1, 0.15) is 17.9 Å². The molecule has 0 bridgehead atoms. The Balaban J connectivity index is 2.19. The predicted molar refractivity (Wildman–Crippen MR) is 50.0 cm³/mol. The van der Waals surface area contributed by atoms with Gasteiger partial charge in [-0.3, -0.25) is 14.8 Å². The van der Waals surface area contributed by atoms with Crippen molar-refractivity contribution in [1.29, 1.82) is 0 Å². The Morgan fingerprint density at radius 2 is 2.38 bits per heavy atom. The lowest BCUT2D eigenvalue weighted by molar-refractivity contribution is -0.113. The molecule has 66 valence electrons. The molecule has 0 saturated heterocycles. The van der Waals surface area contributed by atoms with E-state index in [1.807, 2.05) is 12.1 Å². The molecule has 0 fully saturated rings. The molecule has 1 atom stereocenters. The first-order chi connectivity index (χ1) is 6.36. The Hall–Kier alpha value is -1.51. The smallest absolute Gasteiger partial charge is 0.174 e. The lowest BCUT2D eigenvalue weighted by Crippen LogP contribution is -2.16. The minimum Gasteiger partial charge on any atom is -0.293 e. The Bertz CT molecular complexity index is 332. The van der Waals surface area contributed by atoms with Gasteiger partial charge in [0.25, 0.3) is 0 Å². The predicted octanol–water partition coefficient (Wildman–Crippen LogP) is 1.21. The van der Waals surface area contributed by atoms with E-state index in [1.165, 1.54) is 6.21 Å². The minimum absolute atomic E-state index is 0.111. The first-order valence-corrected chi connectivity index (χ1v) is 4.29. The van der Waals surface area contributed by atoms with Crippen molar-refractivity contribution in [3.8, 4) is 0 Å². The Morgan fingerprint density at radius 3 is 3.08 bits per heavy atom. The van der Waals surface area contributed by atoms with Crippen LogP contribution in [0.15, 0.2) is 29.5 Å². The average Bonchev–Trinajstić information content (AvgIpc) is 2.19. The van der Waals surface area contributed by atoms with Gasteiger partial charge in [-0.25, -0.2) is 0 Å². The molecule has 2 heterocycles. The van der Waals surface area contributed by atoms with E-state index in [9.17, 15) is 4.79 Å². The third-order valence-corrected chi connectivity index (χ3v) is 2.16. The van der Waals surface area contributed by atoms with Crippen LogP contribution < -0.4 is 0 Å². The van der Waals surface area contributed by atoms with Gasteiger partial charge in [-0.05, 0) is 11.6 Å². The summed E-state index contributed by atoms with van der Waals surface area (Å²) in [6.07, 6.45) is 5.53. The third kappa shape index (κ3) is 1.80. The second-order valence-electron chi connectivity index (χ2n) is 3.15. The normalized spacial score (nSPS) is 21.8. The number of pyridine rings is 1. The third-order valence-electron chi connectivity index (χ3n) is 2.16. The topological polar surface area (TPSA) is 42.3 Å². The number of ketones is 1. The maximum atomic E-state index is 11.1. The fourth-order valence-electron chi connectivity index (χ4n) is 1.48. The molecule has 0 aromatic carbocycles. The summed E-state index contributed by atoms with van der Waals surface area (Å²) in [6.45, 7) is 0.706. The highest BCUT2D eigenvalue weighted by molar-refractivity contribution is 6.28. The van der Waals surface area contributed by atoms with Gasteiger partial charge in [0.15, 0.2) is 5.78 Å². The van der Waals surface area contributed by atoms with Crippen LogP contribution in [-0.4, -0.2) is 23.5 Å². The molecule has 3 nitrogen and oxygen atoms in total. The van der Waals surface area contributed by atoms with Gasteiger partial charge < -0.3 is 0 Å². The molecule has 3 heteroatoms. The van der Waals surface area contributed by atoms with Gasteiger partial charge >= 0.3 is 0 Å². The quantitative estimate of drug-likeness (QED) is 0.642. The summed E-state index contributed by atoms with van der Waals surface area (Å²) >= 11 is 0. The molecular formula is C10H10N2O. The van der Waals surface area contributed by atoms with Crippen LogP contribution in [0.5, 0.6) is 0 Å². The molecule has 0 amide bonds. The summed E-state index contributed by atoms with van der Waals surface area (Å²) < 4.78 is 0. The summed E-state index contributed by atoms with van der Waals surface area (Å²) in [6, 6.07) is 3.88. The zero-order valence-corrected chi connectivity index (χ0v) is 7.18. The van der Waals surface area contributed by atoms with Crippen molar-refractivity contribution in [3.63, 3.8) is 0 Å². The van der Waals surface area contributed by atoms with Crippen LogP contribution in [0.3, 0.4) is 0 Å². The number of hydrogen-bond donors (Lipinski definition) is 0. The van der Waals surface area contributed by atoms with Gasteiger partial charge in [-0.2, -0.15) is 0 Å². The molecule has 2 rings (SSSR count). The van der Waals surface area contributed by atoms with Gasteiger partial charge in [0, 0.05) is 31.3 Å². The summed E-state index contributed by atoms with van der Waals surface area (Å²) in [4.78, 5) is 19.1. The molecule has 0 N–H and O–H groups in total. The lowest BCUT2D eigenvalue weighted by atomic mass is 9.94. The first-order valence-electron chi connectivity index (χ1n) is 4.29. The number of Topliss-reactive ketones (excluding diaryl/α,β-unsaturated/α-hetero) is 1. The highest BCUT2D eigenvalue weighted by atomic mass is 16.1. The van der Waals surface area contributed by atoms with Crippen molar-refractivity contribution < 1.29 is 4.79 Å². The van der Waals surface area contributed by atoms with Crippen molar-refractivity contribution in [2.24, 2.45) is 4.99 Å². The summed E-state index contributed by atoms with van der Waals surface area (Å²) in [7, 11) is 0. The SMILES string of the molecule is O=C1C=NCC(c2cccnc2)C1. The maximum Gasteiger partial charge on any atom is 0.174 e. The summed E-state index contributed by atoms with van der Waals surface area (Å²) in [5, 5.41) is 0. The number of aromatic nitrogens is 1. The number of carbonyl (C=O) groups excluding carboxylic acids is 1. The van der Waals surface area contributed by atoms with Crippen molar-refractivity contribution in [2.75, 3.05) is 6.54 Å². The molecule has 1 aromatic heterocycles.